The van der Waals surface area contributed by atoms with Crippen LogP contribution in [0.25, 0.3) is 0 Å². The summed E-state index contributed by atoms with van der Waals surface area (Å²) in [5.41, 5.74) is 18.0. The summed E-state index contributed by atoms with van der Waals surface area (Å²) in [6.07, 6.45) is 3.87. The van der Waals surface area contributed by atoms with Gasteiger partial charge >= 0.3 is 17.9 Å². The van der Waals surface area contributed by atoms with Gasteiger partial charge in [0.2, 0.25) is 88.6 Å². The van der Waals surface area contributed by atoms with Gasteiger partial charge in [-0.05, 0) is 145 Å². The molecule has 1 aromatic carbocycles. The third-order valence-corrected chi connectivity index (χ3v) is 20.7. The normalized spacial score (nSPS) is 17.0. The molecule has 2 aliphatic heterocycles. The molecule has 4 rings (SSSR count). The lowest BCUT2D eigenvalue weighted by Crippen LogP contribution is -2.62. The molecule has 1 aromatic heterocycles. The standard InChI is InChI=1S/C74H116N20O24S2/c1-38(2)59(70(113)82-39(3)74(117)118)91-56(99)35-80-68(111)53-15-11-25-93(53)73(116)52(36-95)90-64(107)46(21-27-119-5)85-69(112)54-16-12-26-94(54)72(115)47(22-28-120-6)86-65(108)48(29-41-17-19-43(97)20-18-41)83-55(98)34-79-62(105)50(31-57(100)101)88-66(109)51(32-58(102)103)89-71(114)60(40(4)96)92-67(110)49(30-42-33-78-37-81-42)87-63(106)45(14-8-10-24-76)84-61(104)44(77)13-7-9-23-75/h17-20,33,37-40,44-54,59-60,95-97H,7-16,21-32,34-36,75-77H2,1-6H3,(H,78,81)(H,79,105)(H,80,111)(H,82,113)(H,83,98)(H,84,104)(H,85,112)(H,86,108)(H,87,106)(H,88,109)(H,89,114)(H,90,107)(H,91,99)(H,92,110)(H,100,101)(H,102,103)(H,117,118)/t39-,40+,44-,45-,46-,47-,48-,49-,50-,51-,52-,53-,54-,59-,60-/m0/s1. The zero-order chi connectivity index (χ0) is 89.5. The number of nitrogens with one attached hydrogen (secondary N) is 14. The minimum atomic E-state index is -2.19. The van der Waals surface area contributed by atoms with Crippen LogP contribution < -0.4 is 86.3 Å². The highest BCUT2D eigenvalue weighted by Gasteiger charge is 2.43. The lowest BCUT2D eigenvalue weighted by atomic mass is 10.0. The highest BCUT2D eigenvalue weighted by Crippen LogP contribution is 2.23. The average molecular weight is 1730 g/mol. The first kappa shape index (κ1) is 102. The number of thioether (sulfide) groups is 2. The van der Waals surface area contributed by atoms with Crippen LogP contribution in [0.1, 0.15) is 129 Å². The molecule has 0 spiro atoms. The molecule has 2 aliphatic rings. The molecule has 26 N–H and O–H groups in total. The Bertz CT molecular complexity index is 3830. The minimum Gasteiger partial charge on any atom is -0.508 e. The van der Waals surface area contributed by atoms with Gasteiger partial charge in [-0.2, -0.15) is 23.5 Å². The number of hydrogen-bond acceptors (Lipinski definition) is 27. The largest absolute Gasteiger partial charge is 0.508 e. The van der Waals surface area contributed by atoms with Crippen LogP contribution in [-0.4, -0.2) is 318 Å². The fourth-order valence-corrected chi connectivity index (χ4v) is 13.7. The molecule has 2 fully saturated rings. The van der Waals surface area contributed by atoms with E-state index in [2.05, 4.69) is 73.8 Å². The van der Waals surface area contributed by atoms with E-state index in [-0.39, 0.29) is 100 Å². The van der Waals surface area contributed by atoms with Crippen molar-refractivity contribution in [2.24, 2.45) is 23.1 Å². The first-order valence-corrected chi connectivity index (χ1v) is 42.0. The molecular formula is C74H116N20O24S2. The number of aliphatic hydroxyl groups is 2. The van der Waals surface area contributed by atoms with E-state index in [1.54, 1.807) is 26.4 Å². The van der Waals surface area contributed by atoms with Crippen LogP contribution in [0.4, 0.5) is 0 Å². The Morgan fingerprint density at radius 1 is 0.508 bits per heavy atom. The van der Waals surface area contributed by atoms with Gasteiger partial charge in [0.05, 0.1) is 51.0 Å². The highest BCUT2D eigenvalue weighted by molar-refractivity contribution is 7.98. The van der Waals surface area contributed by atoms with Gasteiger partial charge in [0.1, 0.15) is 84.3 Å². The number of amides is 15. The number of nitrogens with zero attached hydrogens (tertiary/aromatic N) is 3. The van der Waals surface area contributed by atoms with Crippen LogP contribution in [0.3, 0.4) is 0 Å². The number of aliphatic hydroxyl groups excluding tert-OH is 2. The van der Waals surface area contributed by atoms with Crippen molar-refractivity contribution in [2.45, 2.75) is 221 Å². The number of aromatic hydroxyl groups is 1. The number of nitrogens with two attached hydrogens (primary N) is 3. The number of hydrogen-bond donors (Lipinski definition) is 23. The fraction of sp³-hybridized carbons (Fsp3) is 0.635. The molecule has 120 heavy (non-hydrogen) atoms. The lowest BCUT2D eigenvalue weighted by molar-refractivity contribution is -0.144. The summed E-state index contributed by atoms with van der Waals surface area (Å²) in [4.78, 5) is 253. The maximum atomic E-state index is 14.8. The smallest absolute Gasteiger partial charge is 0.325 e. The predicted molar refractivity (Wildman–Crippen MR) is 432 cm³/mol. The lowest BCUT2D eigenvalue weighted by Gasteiger charge is -2.31. The monoisotopic (exact) mass is 1730 g/mol. The Hall–Kier alpha value is -10.8. The van der Waals surface area contributed by atoms with Crippen LogP contribution in [0.5, 0.6) is 5.75 Å². The molecule has 668 valence electrons. The van der Waals surface area contributed by atoms with Gasteiger partial charge in [-0.25, -0.2) is 4.98 Å². The molecule has 44 nitrogen and oxygen atoms in total. The zero-order valence-corrected chi connectivity index (χ0v) is 69.4. The van der Waals surface area contributed by atoms with Crippen molar-refractivity contribution in [1.29, 1.82) is 0 Å². The van der Waals surface area contributed by atoms with Gasteiger partial charge in [-0.1, -0.05) is 32.4 Å². The number of likely N-dealkylation sites (tertiary alicyclic amines) is 2. The summed E-state index contributed by atoms with van der Waals surface area (Å²) in [5.74, 6) is -19.7. The third-order valence-electron chi connectivity index (χ3n) is 19.4. The Balaban J connectivity index is 1.49. The van der Waals surface area contributed by atoms with Gasteiger partial charge in [0.15, 0.2) is 0 Å². The summed E-state index contributed by atoms with van der Waals surface area (Å²) in [6.45, 7) is 3.40. The highest BCUT2D eigenvalue weighted by atomic mass is 32.2. The number of unbranched alkanes of at least 4 members (excludes halogenated alkanes) is 2. The first-order chi connectivity index (χ1) is 56.9. The second-order valence-electron chi connectivity index (χ2n) is 29.2. The second-order valence-corrected chi connectivity index (χ2v) is 31.2. The number of aromatic amines is 1. The zero-order valence-electron chi connectivity index (χ0n) is 67.8. The SMILES string of the molecule is CSCC[C@H](NC(=O)[C@@H]1CCCN1C(=O)[C@H](CCSC)NC(=O)[C@H](Cc1ccc(O)cc1)NC(=O)CNC(=O)[C@H](CC(=O)O)NC(=O)[C@H](CC(=O)O)NC(=O)[C@@H](NC(=O)[C@H](Cc1cnc[nH]1)NC(=O)[C@H](CCCCN)NC(=O)[C@@H](N)CCCCN)[C@@H](C)O)C(=O)N[C@@H](CO)C(=O)N1CCC[C@H]1C(=O)NCC(=O)N[C@H](C(=O)N[C@@H](C)C(=O)O)C(C)C. The van der Waals surface area contributed by atoms with E-state index in [4.69, 9.17) is 17.2 Å². The van der Waals surface area contributed by atoms with Crippen molar-refractivity contribution in [1.82, 2.24) is 88.9 Å². The van der Waals surface area contributed by atoms with Crippen LogP contribution in [0.15, 0.2) is 36.8 Å². The number of carbonyl (C=O) groups is 18. The van der Waals surface area contributed by atoms with E-state index in [0.717, 1.165) is 11.8 Å². The number of H-pyrrole nitrogens is 1. The van der Waals surface area contributed by atoms with Crippen molar-refractivity contribution in [3.8, 4) is 5.75 Å². The molecule has 0 unspecified atom stereocenters. The Morgan fingerprint density at radius 3 is 1.52 bits per heavy atom. The molecule has 0 bridgehead atoms. The molecule has 46 heteroatoms. The van der Waals surface area contributed by atoms with Gasteiger partial charge in [0, 0.05) is 37.8 Å². The quantitative estimate of drug-likeness (QED) is 0.0274. The van der Waals surface area contributed by atoms with Crippen LogP contribution in [0, 0.1) is 5.92 Å². The molecule has 15 atom stereocenters. The van der Waals surface area contributed by atoms with E-state index in [0.29, 0.717) is 44.2 Å². The van der Waals surface area contributed by atoms with Crippen LogP contribution >= 0.6 is 23.5 Å². The van der Waals surface area contributed by atoms with E-state index in [1.165, 1.54) is 72.1 Å². The van der Waals surface area contributed by atoms with Crippen LogP contribution in [-0.2, 0) is 99.1 Å². The molecular weight excluding hydrogens is 1620 g/mol. The van der Waals surface area contributed by atoms with Gasteiger partial charge in [0.25, 0.3) is 0 Å². The Labute approximate surface area is 700 Å². The molecule has 2 saturated heterocycles. The maximum absolute atomic E-state index is 14.8. The van der Waals surface area contributed by atoms with E-state index >= 15 is 0 Å². The van der Waals surface area contributed by atoms with Gasteiger partial charge in [-0.15, -0.1) is 0 Å². The fourth-order valence-electron chi connectivity index (χ4n) is 12.8. The molecule has 0 saturated carbocycles. The molecule has 3 heterocycles. The minimum absolute atomic E-state index is 0.00124. The van der Waals surface area contributed by atoms with Crippen molar-refractivity contribution >= 4 is 130 Å². The summed E-state index contributed by atoms with van der Waals surface area (Å²) in [7, 11) is 0. The number of carboxylic acid groups (broad SMARTS) is 3. The second kappa shape index (κ2) is 52.3. The number of aliphatic carboxylic acids is 3. The molecule has 0 aliphatic carbocycles. The third kappa shape index (κ3) is 34.1. The maximum Gasteiger partial charge on any atom is 0.325 e. The summed E-state index contributed by atoms with van der Waals surface area (Å²) >= 11 is 2.59. The summed E-state index contributed by atoms with van der Waals surface area (Å²) in [6, 6.07) is -15.8. The number of benzene rings is 1. The summed E-state index contributed by atoms with van der Waals surface area (Å²) < 4.78 is 0. The first-order valence-electron chi connectivity index (χ1n) is 39.2. The number of imidazole rings is 1. The molecule has 2 aromatic rings. The molecule has 15 amide bonds. The predicted octanol–water partition coefficient (Wildman–Crippen LogP) is -7.38. The average Bonchev–Trinajstić information content (AvgIpc) is 1.42. The topological polar surface area (TPSA) is 698 Å². The van der Waals surface area contributed by atoms with Crippen molar-refractivity contribution in [3.05, 3.63) is 48.0 Å². The number of carboxylic acids is 3. The van der Waals surface area contributed by atoms with E-state index in [1.807, 2.05) is 5.32 Å². The summed E-state index contributed by atoms with van der Waals surface area (Å²) in [5, 5.41) is 91.7. The number of carbonyl (C=O) groups excluding carboxylic acids is 15. The van der Waals surface area contributed by atoms with Crippen molar-refractivity contribution in [3.63, 3.8) is 0 Å². The van der Waals surface area contributed by atoms with Crippen molar-refractivity contribution < 1.29 is 117 Å². The van der Waals surface area contributed by atoms with Crippen LogP contribution in [0.2, 0.25) is 0 Å². The Kier molecular flexibility index (Phi) is 44.2. The number of rotatable bonds is 54. The van der Waals surface area contributed by atoms with Gasteiger partial charge < -0.3 is 132 Å². The van der Waals surface area contributed by atoms with E-state index < -0.39 is 236 Å². The number of phenols is 1. The Morgan fingerprint density at radius 2 is 0.975 bits per heavy atom. The van der Waals surface area contributed by atoms with Gasteiger partial charge in [-0.3, -0.25) is 86.3 Å². The number of aromatic nitrogens is 2. The number of phenolic OH excluding ortho intramolecular Hbond substituents is 1. The van der Waals surface area contributed by atoms with E-state index in [9.17, 15) is 117 Å². The molecule has 0 radical (unpaired) electrons. The van der Waals surface area contributed by atoms with Crippen molar-refractivity contribution in [2.75, 3.05) is 69.9 Å².